The standard InChI is InChI=1S/C39H38N6O4/c1-44-35-13-8-25(18-29(35)23-41-44)24-45-16-14-27(15-17-45)26-9-11-31(12-10-26)42-39(47)32-20-36(48-2)37(49-3)21-34(32)43-38(46)30-19-28-6-4-5-7-33(28)40-22-30/h4-13,18-23,27H,14-17,24H2,1-3H3,(H,42,47)(H,43,46). The van der Waals surface area contributed by atoms with E-state index in [2.05, 4.69) is 55.9 Å². The second-order valence-electron chi connectivity index (χ2n) is 12.4. The first-order valence-electron chi connectivity index (χ1n) is 16.3. The minimum atomic E-state index is -0.399. The van der Waals surface area contributed by atoms with Gasteiger partial charge in [0.2, 0.25) is 0 Å². The van der Waals surface area contributed by atoms with Gasteiger partial charge < -0.3 is 20.1 Å². The van der Waals surface area contributed by atoms with Crippen molar-refractivity contribution < 1.29 is 19.1 Å². The summed E-state index contributed by atoms with van der Waals surface area (Å²) in [5, 5.41) is 12.2. The highest BCUT2D eigenvalue weighted by Gasteiger charge is 2.22. The van der Waals surface area contributed by atoms with Crippen molar-refractivity contribution in [1.29, 1.82) is 0 Å². The van der Waals surface area contributed by atoms with Gasteiger partial charge in [-0.25, -0.2) is 0 Å². The van der Waals surface area contributed by atoms with E-state index in [9.17, 15) is 9.59 Å². The van der Waals surface area contributed by atoms with E-state index in [1.165, 1.54) is 36.9 Å². The Morgan fingerprint density at radius 1 is 0.816 bits per heavy atom. The molecule has 7 rings (SSSR count). The van der Waals surface area contributed by atoms with Crippen LogP contribution in [-0.4, -0.2) is 58.8 Å². The SMILES string of the molecule is COc1cc(NC(=O)c2cnc3ccccc3c2)c(C(=O)Nc2ccc(C3CCN(Cc4ccc5c(cnn5C)c4)CC3)cc2)cc1OC. The van der Waals surface area contributed by atoms with E-state index in [0.717, 1.165) is 48.9 Å². The Bertz CT molecular complexity index is 2150. The van der Waals surface area contributed by atoms with Crippen LogP contribution in [0.15, 0.2) is 97.3 Å². The van der Waals surface area contributed by atoms with Crippen molar-refractivity contribution in [1.82, 2.24) is 19.7 Å². The Hall–Kier alpha value is -5.74. The molecule has 6 aromatic rings. The third-order valence-electron chi connectivity index (χ3n) is 9.31. The number of rotatable bonds is 9. The summed E-state index contributed by atoms with van der Waals surface area (Å²) in [6.45, 7) is 2.98. The number of piperidine rings is 1. The Morgan fingerprint density at radius 2 is 1.57 bits per heavy atom. The number of fused-ring (bicyclic) bond motifs is 2. The van der Waals surface area contributed by atoms with Crippen molar-refractivity contribution in [3.05, 3.63) is 120 Å². The number of amides is 2. The van der Waals surface area contributed by atoms with E-state index in [-0.39, 0.29) is 11.3 Å². The minimum Gasteiger partial charge on any atom is -0.493 e. The van der Waals surface area contributed by atoms with Gasteiger partial charge in [0.15, 0.2) is 11.5 Å². The maximum Gasteiger partial charge on any atom is 0.257 e. The highest BCUT2D eigenvalue weighted by atomic mass is 16.5. The van der Waals surface area contributed by atoms with Crippen molar-refractivity contribution in [2.75, 3.05) is 37.9 Å². The predicted molar refractivity (Wildman–Crippen MR) is 192 cm³/mol. The van der Waals surface area contributed by atoms with E-state index >= 15 is 0 Å². The molecule has 0 atom stereocenters. The fraction of sp³-hybridized carbons (Fsp3) is 0.231. The number of aryl methyl sites for hydroxylation is 1. The van der Waals surface area contributed by atoms with Gasteiger partial charge in [0.05, 0.1) is 48.3 Å². The first-order chi connectivity index (χ1) is 23.9. The lowest BCUT2D eigenvalue weighted by atomic mass is 9.89. The van der Waals surface area contributed by atoms with Gasteiger partial charge in [0.1, 0.15) is 0 Å². The summed E-state index contributed by atoms with van der Waals surface area (Å²) in [7, 11) is 4.98. The smallest absolute Gasteiger partial charge is 0.257 e. The fourth-order valence-electron chi connectivity index (χ4n) is 6.59. The summed E-state index contributed by atoms with van der Waals surface area (Å²) in [6.07, 6.45) is 5.59. The summed E-state index contributed by atoms with van der Waals surface area (Å²) < 4.78 is 12.9. The monoisotopic (exact) mass is 654 g/mol. The molecule has 0 aliphatic carbocycles. The van der Waals surface area contributed by atoms with Crippen LogP contribution < -0.4 is 20.1 Å². The minimum absolute atomic E-state index is 0.235. The van der Waals surface area contributed by atoms with Crippen LogP contribution >= 0.6 is 0 Å². The molecule has 10 nitrogen and oxygen atoms in total. The lowest BCUT2D eigenvalue weighted by molar-refractivity contribution is 0.102. The first-order valence-corrected chi connectivity index (χ1v) is 16.3. The van der Waals surface area contributed by atoms with Gasteiger partial charge in [-0.2, -0.15) is 5.10 Å². The average Bonchev–Trinajstić information content (AvgIpc) is 3.51. The van der Waals surface area contributed by atoms with Gasteiger partial charge in [0, 0.05) is 42.3 Å². The highest BCUT2D eigenvalue weighted by molar-refractivity contribution is 6.13. The number of para-hydroxylation sites is 1. The van der Waals surface area contributed by atoms with E-state index in [0.29, 0.717) is 28.7 Å². The zero-order valence-electron chi connectivity index (χ0n) is 27.8. The molecule has 1 aliphatic heterocycles. The maximum atomic E-state index is 13.7. The number of hydrogen-bond acceptors (Lipinski definition) is 7. The van der Waals surface area contributed by atoms with Gasteiger partial charge in [-0.3, -0.25) is 24.2 Å². The molecule has 0 unspecified atom stereocenters. The summed E-state index contributed by atoms with van der Waals surface area (Å²) in [5.41, 5.74) is 6.05. The number of aromatic nitrogens is 3. The van der Waals surface area contributed by atoms with Crippen LogP contribution in [0.5, 0.6) is 11.5 Å². The number of ether oxygens (including phenoxy) is 2. The Morgan fingerprint density at radius 3 is 2.35 bits per heavy atom. The largest absolute Gasteiger partial charge is 0.493 e. The van der Waals surface area contributed by atoms with Crippen LogP contribution in [0.2, 0.25) is 0 Å². The van der Waals surface area contributed by atoms with E-state index < -0.39 is 11.8 Å². The predicted octanol–water partition coefficient (Wildman–Crippen LogP) is 7.02. The molecule has 2 N–H and O–H groups in total. The molecule has 10 heteroatoms. The number of carbonyl (C=O) groups is 2. The van der Waals surface area contributed by atoms with Crippen molar-refractivity contribution in [3.8, 4) is 11.5 Å². The summed E-state index contributed by atoms with van der Waals surface area (Å²) in [4.78, 5) is 33.9. The number of pyridine rings is 1. The normalized spacial score (nSPS) is 13.8. The first kappa shape index (κ1) is 31.8. The van der Waals surface area contributed by atoms with Gasteiger partial charge >= 0.3 is 0 Å². The zero-order valence-corrected chi connectivity index (χ0v) is 27.8. The molecule has 1 saturated heterocycles. The number of hydrogen-bond donors (Lipinski definition) is 2. The molecule has 0 saturated carbocycles. The number of likely N-dealkylation sites (tertiary alicyclic amines) is 1. The Balaban J connectivity index is 1.01. The van der Waals surface area contributed by atoms with Crippen molar-refractivity contribution in [3.63, 3.8) is 0 Å². The van der Waals surface area contributed by atoms with Gasteiger partial charge in [-0.15, -0.1) is 0 Å². The third-order valence-corrected chi connectivity index (χ3v) is 9.31. The van der Waals surface area contributed by atoms with E-state index in [1.807, 2.05) is 54.3 Å². The molecule has 0 radical (unpaired) electrons. The number of carbonyl (C=O) groups excluding carboxylic acids is 2. The van der Waals surface area contributed by atoms with Crippen LogP contribution in [-0.2, 0) is 13.6 Å². The topological polar surface area (TPSA) is 111 Å². The second kappa shape index (κ2) is 13.8. The molecule has 49 heavy (non-hydrogen) atoms. The molecule has 2 amide bonds. The number of benzene rings is 4. The molecule has 0 spiro atoms. The fourth-order valence-corrected chi connectivity index (χ4v) is 6.59. The Labute approximate surface area is 284 Å². The molecule has 3 heterocycles. The van der Waals surface area contributed by atoms with Crippen LogP contribution in [0.25, 0.3) is 21.8 Å². The summed E-state index contributed by atoms with van der Waals surface area (Å²) in [5.74, 6) is 0.426. The molecule has 1 aliphatic rings. The van der Waals surface area contributed by atoms with Crippen molar-refractivity contribution >= 4 is 45.0 Å². The second-order valence-corrected chi connectivity index (χ2v) is 12.4. The average molecular weight is 655 g/mol. The van der Waals surface area contributed by atoms with Crippen LogP contribution in [0.3, 0.4) is 0 Å². The number of anilines is 2. The summed E-state index contributed by atoms with van der Waals surface area (Å²) in [6, 6.07) is 27.1. The lowest BCUT2D eigenvalue weighted by Crippen LogP contribution is -2.32. The lowest BCUT2D eigenvalue weighted by Gasteiger charge is -2.32. The summed E-state index contributed by atoms with van der Waals surface area (Å²) >= 11 is 0. The number of nitrogens with zero attached hydrogens (tertiary/aromatic N) is 4. The molecular formula is C39H38N6O4. The van der Waals surface area contributed by atoms with Crippen molar-refractivity contribution in [2.24, 2.45) is 7.05 Å². The molecule has 0 bridgehead atoms. The molecular weight excluding hydrogens is 616 g/mol. The maximum absolute atomic E-state index is 13.7. The van der Waals surface area contributed by atoms with Gasteiger partial charge in [0.25, 0.3) is 11.8 Å². The van der Waals surface area contributed by atoms with Gasteiger partial charge in [-0.1, -0.05) is 36.4 Å². The number of nitrogens with one attached hydrogen (secondary N) is 2. The van der Waals surface area contributed by atoms with E-state index in [1.54, 1.807) is 18.2 Å². The molecule has 1 fully saturated rings. The van der Waals surface area contributed by atoms with Crippen LogP contribution in [0.4, 0.5) is 11.4 Å². The van der Waals surface area contributed by atoms with Crippen LogP contribution in [0, 0.1) is 0 Å². The number of methoxy groups -OCH3 is 2. The molecule has 2 aromatic heterocycles. The zero-order chi connectivity index (χ0) is 33.9. The quantitative estimate of drug-likeness (QED) is 0.172. The van der Waals surface area contributed by atoms with Crippen LogP contribution in [0.1, 0.15) is 50.6 Å². The molecule has 4 aromatic carbocycles. The Kier molecular flexibility index (Phi) is 8.95. The molecule has 248 valence electrons. The highest BCUT2D eigenvalue weighted by Crippen LogP contribution is 2.35. The van der Waals surface area contributed by atoms with Crippen molar-refractivity contribution in [2.45, 2.75) is 25.3 Å². The van der Waals surface area contributed by atoms with Gasteiger partial charge in [-0.05, 0) is 85.4 Å². The third kappa shape index (κ3) is 6.81. The van der Waals surface area contributed by atoms with E-state index in [4.69, 9.17) is 9.47 Å².